The number of amides is 1. The number of nitrogens with zero attached hydrogens (tertiary/aromatic N) is 4. The van der Waals surface area contributed by atoms with Gasteiger partial charge < -0.3 is 23.9 Å². The van der Waals surface area contributed by atoms with Crippen LogP contribution < -0.4 is 10.5 Å². The largest absolute Gasteiger partial charge is 0.450 e. The molecule has 0 radical (unpaired) electrons. The fraction of sp³-hybridized carbons (Fsp3) is 0.484. The molecule has 9 nitrogen and oxygen atoms in total. The monoisotopic (exact) mass is 577 g/mol. The number of hydrogen-bond acceptors (Lipinski definition) is 7. The summed E-state index contributed by atoms with van der Waals surface area (Å²) < 4.78 is 11.8. The standard InChI is InChI=1S/C31H36ClN5O4/c1-20-19-37(15-12-31(20,2)23-17-21(32)18-33-29(23)38)30(39)40-16-8-5-11-25-34-26-22-9-3-4-10-24(22)41-27(26)28(35-25)36-13-6-7-14-36/h3-4,9-10,17-18,20H,5-8,11-16,19H2,1-2H3,(H,33,38). The van der Waals surface area contributed by atoms with Gasteiger partial charge in [0.2, 0.25) is 0 Å². The molecule has 0 saturated carbocycles. The Hall–Kier alpha value is -3.59. The number of fused-ring (bicyclic) bond motifs is 3. The SMILES string of the molecule is CC1CN(C(=O)OCCCCc2nc(N3CCCC3)c3oc4ccccc4c3n2)CCC1(C)c1cc(Cl)c[nH]c1=O. The summed E-state index contributed by atoms with van der Waals surface area (Å²) in [6.45, 7) is 7.47. The molecule has 2 unspecified atom stereocenters. The normalized spacial score (nSPS) is 21.2. The lowest BCUT2D eigenvalue weighted by Crippen LogP contribution is -2.51. The number of aromatic nitrogens is 3. The van der Waals surface area contributed by atoms with Crippen LogP contribution in [0.25, 0.3) is 22.1 Å². The molecule has 2 fully saturated rings. The van der Waals surface area contributed by atoms with Crippen molar-refractivity contribution in [2.45, 2.75) is 57.8 Å². The van der Waals surface area contributed by atoms with E-state index in [0.29, 0.717) is 43.1 Å². The van der Waals surface area contributed by atoms with E-state index in [1.807, 2.05) is 24.3 Å². The summed E-state index contributed by atoms with van der Waals surface area (Å²) in [4.78, 5) is 41.9. The highest BCUT2D eigenvalue weighted by atomic mass is 35.5. The zero-order valence-corrected chi connectivity index (χ0v) is 24.4. The second kappa shape index (κ2) is 11.4. The number of carbonyl (C=O) groups is 1. The lowest BCUT2D eigenvalue weighted by Gasteiger charge is -2.44. The minimum absolute atomic E-state index is 0.0687. The molecule has 0 spiro atoms. The first-order valence-corrected chi connectivity index (χ1v) is 14.9. The number of carbonyl (C=O) groups excluding carboxylic acids is 1. The van der Waals surface area contributed by atoms with Crippen LogP contribution in [-0.4, -0.2) is 58.7 Å². The van der Waals surface area contributed by atoms with Gasteiger partial charge in [0.15, 0.2) is 11.4 Å². The molecule has 10 heteroatoms. The number of piperidine rings is 1. The van der Waals surface area contributed by atoms with E-state index < -0.39 is 0 Å². The van der Waals surface area contributed by atoms with Crippen LogP contribution in [0.1, 0.15) is 57.3 Å². The number of aryl methyl sites for hydroxylation is 1. The van der Waals surface area contributed by atoms with Gasteiger partial charge in [0, 0.05) is 55.2 Å². The van der Waals surface area contributed by atoms with Crippen molar-refractivity contribution in [3.63, 3.8) is 0 Å². The van der Waals surface area contributed by atoms with Crippen LogP contribution in [-0.2, 0) is 16.6 Å². The van der Waals surface area contributed by atoms with Crippen molar-refractivity contribution in [2.75, 3.05) is 37.7 Å². The number of likely N-dealkylation sites (tertiary alicyclic amines) is 1. The Morgan fingerprint density at radius 1 is 1.20 bits per heavy atom. The van der Waals surface area contributed by atoms with Gasteiger partial charge in [0.1, 0.15) is 16.9 Å². The molecule has 4 aromatic rings. The first kappa shape index (κ1) is 27.6. The van der Waals surface area contributed by atoms with Gasteiger partial charge in [0.05, 0.1) is 11.6 Å². The average Bonchev–Trinajstić information content (AvgIpc) is 3.64. The van der Waals surface area contributed by atoms with Gasteiger partial charge in [0.25, 0.3) is 5.56 Å². The third-order valence-corrected chi connectivity index (χ3v) is 9.12. The van der Waals surface area contributed by atoms with E-state index in [1.165, 1.54) is 6.20 Å². The lowest BCUT2D eigenvalue weighted by atomic mass is 9.68. The molecule has 5 heterocycles. The van der Waals surface area contributed by atoms with Gasteiger partial charge in [-0.3, -0.25) is 4.79 Å². The van der Waals surface area contributed by atoms with Crippen LogP contribution >= 0.6 is 11.6 Å². The summed E-state index contributed by atoms with van der Waals surface area (Å²) in [5, 5.41) is 1.51. The van der Waals surface area contributed by atoms with E-state index in [0.717, 1.165) is 72.5 Å². The number of para-hydroxylation sites is 1. The van der Waals surface area contributed by atoms with Crippen LogP contribution in [0.4, 0.5) is 10.6 Å². The van der Waals surface area contributed by atoms with Crippen LogP contribution in [0.3, 0.4) is 0 Å². The summed E-state index contributed by atoms with van der Waals surface area (Å²) in [5.74, 6) is 1.74. The topological polar surface area (TPSA) is 105 Å². The third kappa shape index (κ3) is 5.39. The van der Waals surface area contributed by atoms with Crippen molar-refractivity contribution in [2.24, 2.45) is 5.92 Å². The maximum absolute atomic E-state index is 12.9. The second-order valence-electron chi connectivity index (χ2n) is 11.6. The minimum Gasteiger partial charge on any atom is -0.450 e. The van der Waals surface area contributed by atoms with E-state index in [4.69, 9.17) is 30.7 Å². The Balaban J connectivity index is 1.05. The molecule has 1 N–H and O–H groups in total. The van der Waals surface area contributed by atoms with E-state index in [2.05, 4.69) is 23.7 Å². The highest BCUT2D eigenvalue weighted by Gasteiger charge is 2.41. The van der Waals surface area contributed by atoms with E-state index in [1.54, 1.807) is 11.0 Å². The molecule has 216 valence electrons. The van der Waals surface area contributed by atoms with Gasteiger partial charge in [-0.1, -0.05) is 37.6 Å². The Labute approximate surface area is 243 Å². The maximum Gasteiger partial charge on any atom is 0.409 e. The summed E-state index contributed by atoms with van der Waals surface area (Å²) in [5.41, 5.74) is 2.62. The Morgan fingerprint density at radius 2 is 2.00 bits per heavy atom. The summed E-state index contributed by atoms with van der Waals surface area (Å²) in [6, 6.07) is 9.74. The molecule has 1 amide bonds. The minimum atomic E-state index is -0.370. The number of anilines is 1. The van der Waals surface area contributed by atoms with Crippen molar-refractivity contribution in [3.05, 3.63) is 63.3 Å². The van der Waals surface area contributed by atoms with Gasteiger partial charge in [-0.2, -0.15) is 0 Å². The number of unbranched alkanes of at least 4 members (excludes halogenated alkanes) is 1. The molecular weight excluding hydrogens is 542 g/mol. The van der Waals surface area contributed by atoms with Crippen LogP contribution in [0, 0.1) is 5.92 Å². The molecule has 3 aromatic heterocycles. The zero-order chi connectivity index (χ0) is 28.6. The first-order chi connectivity index (χ1) is 19.8. The summed E-state index contributed by atoms with van der Waals surface area (Å²) >= 11 is 6.16. The number of halogens is 1. The van der Waals surface area contributed by atoms with Gasteiger partial charge in [-0.05, 0) is 56.2 Å². The smallest absolute Gasteiger partial charge is 0.409 e. The second-order valence-corrected chi connectivity index (χ2v) is 12.0. The van der Waals surface area contributed by atoms with Crippen LogP contribution in [0.2, 0.25) is 5.02 Å². The summed E-state index contributed by atoms with van der Waals surface area (Å²) in [6.07, 6.45) is 6.38. The molecule has 0 aliphatic carbocycles. The van der Waals surface area contributed by atoms with Gasteiger partial charge in [-0.25, -0.2) is 14.8 Å². The molecule has 6 rings (SSSR count). The number of benzene rings is 1. The lowest BCUT2D eigenvalue weighted by molar-refractivity contribution is 0.0647. The van der Waals surface area contributed by atoms with Crippen molar-refractivity contribution >= 4 is 45.6 Å². The predicted octanol–water partition coefficient (Wildman–Crippen LogP) is 6.08. The summed E-state index contributed by atoms with van der Waals surface area (Å²) in [7, 11) is 0. The molecule has 2 aliphatic rings. The van der Waals surface area contributed by atoms with E-state index >= 15 is 0 Å². The Bertz CT molecular complexity index is 1630. The van der Waals surface area contributed by atoms with Crippen molar-refractivity contribution in [3.8, 4) is 0 Å². The van der Waals surface area contributed by atoms with Crippen molar-refractivity contribution in [1.29, 1.82) is 0 Å². The third-order valence-electron chi connectivity index (χ3n) is 8.90. The van der Waals surface area contributed by atoms with Crippen molar-refractivity contribution in [1.82, 2.24) is 19.9 Å². The number of ether oxygens (including phenoxy) is 1. The Kier molecular flexibility index (Phi) is 7.64. The van der Waals surface area contributed by atoms with Crippen molar-refractivity contribution < 1.29 is 13.9 Å². The highest BCUT2D eigenvalue weighted by molar-refractivity contribution is 6.30. The van der Waals surface area contributed by atoms with Crippen LogP contribution in [0.5, 0.6) is 0 Å². The Morgan fingerprint density at radius 3 is 2.80 bits per heavy atom. The first-order valence-electron chi connectivity index (χ1n) is 14.6. The number of pyridine rings is 1. The van der Waals surface area contributed by atoms with E-state index in [9.17, 15) is 9.59 Å². The molecule has 41 heavy (non-hydrogen) atoms. The molecule has 2 aliphatic heterocycles. The number of aromatic amines is 1. The fourth-order valence-corrected chi connectivity index (χ4v) is 6.36. The number of H-pyrrole nitrogens is 1. The zero-order valence-electron chi connectivity index (χ0n) is 23.6. The van der Waals surface area contributed by atoms with Gasteiger partial charge in [-0.15, -0.1) is 0 Å². The molecule has 1 aromatic carbocycles. The molecule has 2 saturated heterocycles. The number of furan rings is 1. The highest BCUT2D eigenvalue weighted by Crippen LogP contribution is 2.39. The number of hydrogen-bond donors (Lipinski definition) is 1. The number of rotatable bonds is 7. The quantitative estimate of drug-likeness (QED) is 0.265. The maximum atomic E-state index is 12.9. The predicted molar refractivity (Wildman–Crippen MR) is 160 cm³/mol. The number of nitrogens with one attached hydrogen (secondary N) is 1. The molecule has 0 bridgehead atoms. The molecule has 2 atom stereocenters. The van der Waals surface area contributed by atoms with E-state index in [-0.39, 0.29) is 23.0 Å². The van der Waals surface area contributed by atoms with Gasteiger partial charge >= 0.3 is 6.09 Å². The average molecular weight is 578 g/mol. The van der Waals surface area contributed by atoms with Crippen LogP contribution in [0.15, 0.2) is 45.7 Å². The molecular formula is C31H36ClN5O4. The fourth-order valence-electron chi connectivity index (χ4n) is 6.20.